The minimum Gasteiger partial charge on any atom is -0.297 e. The molecule has 120 valence electrons. The maximum absolute atomic E-state index is 2.67. The first kappa shape index (κ1) is 14.9. The molecule has 2 aromatic rings. The number of hydrogen-bond donors (Lipinski definition) is 0. The summed E-state index contributed by atoms with van der Waals surface area (Å²) in [6.07, 6.45) is 2.81. The van der Waals surface area contributed by atoms with Gasteiger partial charge in [0.05, 0.1) is 0 Å². The third kappa shape index (κ3) is 3.82. The number of nitrogens with zero attached hydrogens (tertiary/aromatic N) is 2. The Balaban J connectivity index is 1.42. The van der Waals surface area contributed by atoms with E-state index in [0.29, 0.717) is 5.41 Å². The third-order valence-electron chi connectivity index (χ3n) is 5.31. The summed E-state index contributed by atoms with van der Waals surface area (Å²) in [5, 5.41) is 0. The molecule has 2 aromatic carbocycles. The lowest BCUT2D eigenvalue weighted by Crippen LogP contribution is -2.30. The van der Waals surface area contributed by atoms with E-state index in [4.69, 9.17) is 0 Å². The Morgan fingerprint density at radius 1 is 0.652 bits per heavy atom. The van der Waals surface area contributed by atoms with Crippen molar-refractivity contribution in [3.05, 3.63) is 71.8 Å². The average Bonchev–Trinajstić information content (AvgIpc) is 3.36. The summed E-state index contributed by atoms with van der Waals surface area (Å²) in [6.45, 7) is 7.11. The van der Waals surface area contributed by atoms with Crippen LogP contribution in [0.3, 0.4) is 0 Å². The zero-order valence-electron chi connectivity index (χ0n) is 13.8. The molecule has 1 saturated carbocycles. The highest BCUT2D eigenvalue weighted by atomic mass is 15.2. The second-order valence-corrected chi connectivity index (χ2v) is 7.39. The lowest BCUT2D eigenvalue weighted by molar-refractivity contribution is 0.235. The van der Waals surface area contributed by atoms with Gasteiger partial charge < -0.3 is 0 Å². The fourth-order valence-corrected chi connectivity index (χ4v) is 3.89. The first-order chi connectivity index (χ1) is 11.3. The third-order valence-corrected chi connectivity index (χ3v) is 5.31. The van der Waals surface area contributed by atoms with E-state index in [1.807, 2.05) is 0 Å². The van der Waals surface area contributed by atoms with Gasteiger partial charge in [-0.3, -0.25) is 9.80 Å². The van der Waals surface area contributed by atoms with E-state index in [2.05, 4.69) is 70.5 Å². The fraction of sp³-hybridized carbons (Fsp3) is 0.429. The topological polar surface area (TPSA) is 6.48 Å². The zero-order valence-corrected chi connectivity index (χ0v) is 13.8. The van der Waals surface area contributed by atoms with Crippen LogP contribution in [0.25, 0.3) is 0 Å². The fourth-order valence-electron chi connectivity index (χ4n) is 3.89. The standard InChI is InChI=1S/C21H26N2/c1-3-7-19(8-4-1)15-22-13-14-23(18-21(17-22)11-12-21)16-20-9-5-2-6-10-20/h1-10H,11-18H2. The van der Waals surface area contributed by atoms with E-state index < -0.39 is 0 Å². The number of benzene rings is 2. The molecule has 0 amide bonds. The molecule has 2 fully saturated rings. The lowest BCUT2D eigenvalue weighted by atomic mass is 10.1. The molecule has 23 heavy (non-hydrogen) atoms. The summed E-state index contributed by atoms with van der Waals surface area (Å²) in [5.41, 5.74) is 3.46. The highest BCUT2D eigenvalue weighted by Gasteiger charge is 2.46. The van der Waals surface area contributed by atoms with Gasteiger partial charge in [-0.15, -0.1) is 0 Å². The molecule has 0 radical (unpaired) electrons. The van der Waals surface area contributed by atoms with E-state index in [1.54, 1.807) is 0 Å². The molecular formula is C21H26N2. The molecule has 0 atom stereocenters. The summed E-state index contributed by atoms with van der Waals surface area (Å²) < 4.78 is 0. The van der Waals surface area contributed by atoms with Crippen LogP contribution in [0.2, 0.25) is 0 Å². The summed E-state index contributed by atoms with van der Waals surface area (Å²) in [6, 6.07) is 21.9. The monoisotopic (exact) mass is 306 g/mol. The first-order valence-electron chi connectivity index (χ1n) is 8.84. The van der Waals surface area contributed by atoms with Crippen molar-refractivity contribution in [2.45, 2.75) is 25.9 Å². The SMILES string of the molecule is c1ccc(CN2CCN(Cc3ccccc3)CC3(CC3)C2)cc1. The molecule has 2 heteroatoms. The first-order valence-corrected chi connectivity index (χ1v) is 8.84. The van der Waals surface area contributed by atoms with Crippen molar-refractivity contribution in [2.24, 2.45) is 5.41 Å². The van der Waals surface area contributed by atoms with Gasteiger partial charge in [0.15, 0.2) is 0 Å². The molecule has 1 spiro atoms. The molecule has 0 unspecified atom stereocenters. The molecule has 1 heterocycles. The van der Waals surface area contributed by atoms with Crippen molar-refractivity contribution in [3.63, 3.8) is 0 Å². The van der Waals surface area contributed by atoms with Crippen LogP contribution in [0.15, 0.2) is 60.7 Å². The van der Waals surface area contributed by atoms with Gasteiger partial charge in [-0.25, -0.2) is 0 Å². The van der Waals surface area contributed by atoms with Gasteiger partial charge in [-0.05, 0) is 29.4 Å². The summed E-state index contributed by atoms with van der Waals surface area (Å²) in [7, 11) is 0. The number of hydrogen-bond acceptors (Lipinski definition) is 2. The highest BCUT2D eigenvalue weighted by molar-refractivity contribution is 5.16. The number of rotatable bonds is 4. The molecule has 0 aromatic heterocycles. The summed E-state index contributed by atoms with van der Waals surface area (Å²) >= 11 is 0. The molecule has 0 N–H and O–H groups in total. The predicted molar refractivity (Wildman–Crippen MR) is 95.1 cm³/mol. The second kappa shape index (κ2) is 6.46. The normalized spacial score (nSPS) is 21.2. The van der Waals surface area contributed by atoms with Crippen molar-refractivity contribution in [1.82, 2.24) is 9.80 Å². The van der Waals surface area contributed by atoms with E-state index in [9.17, 15) is 0 Å². The van der Waals surface area contributed by atoms with E-state index in [-0.39, 0.29) is 0 Å². The zero-order chi connectivity index (χ0) is 15.5. The van der Waals surface area contributed by atoms with Gasteiger partial charge in [-0.1, -0.05) is 60.7 Å². The van der Waals surface area contributed by atoms with E-state index >= 15 is 0 Å². The Labute approximate surface area is 139 Å². The highest BCUT2D eigenvalue weighted by Crippen LogP contribution is 2.48. The molecule has 1 aliphatic heterocycles. The Morgan fingerprint density at radius 3 is 1.48 bits per heavy atom. The van der Waals surface area contributed by atoms with Crippen molar-refractivity contribution < 1.29 is 0 Å². The molecular weight excluding hydrogens is 280 g/mol. The Hall–Kier alpha value is -1.64. The van der Waals surface area contributed by atoms with Gasteiger partial charge >= 0.3 is 0 Å². The van der Waals surface area contributed by atoms with Gasteiger partial charge in [-0.2, -0.15) is 0 Å². The molecule has 1 aliphatic carbocycles. The Bertz CT molecular complexity index is 565. The van der Waals surface area contributed by atoms with Gasteiger partial charge in [0, 0.05) is 39.3 Å². The molecule has 2 aliphatic rings. The van der Waals surface area contributed by atoms with Crippen LogP contribution in [0.1, 0.15) is 24.0 Å². The lowest BCUT2D eigenvalue weighted by Gasteiger charge is -2.24. The van der Waals surface area contributed by atoms with Crippen LogP contribution >= 0.6 is 0 Å². The van der Waals surface area contributed by atoms with Crippen molar-refractivity contribution in [1.29, 1.82) is 0 Å². The Kier molecular flexibility index (Phi) is 4.19. The smallest absolute Gasteiger partial charge is 0.0234 e. The maximum Gasteiger partial charge on any atom is 0.0234 e. The molecule has 2 nitrogen and oxygen atoms in total. The molecule has 0 bridgehead atoms. The largest absolute Gasteiger partial charge is 0.297 e. The van der Waals surface area contributed by atoms with E-state index in [0.717, 1.165) is 13.1 Å². The van der Waals surface area contributed by atoms with Crippen molar-refractivity contribution in [2.75, 3.05) is 26.2 Å². The maximum atomic E-state index is 2.67. The van der Waals surface area contributed by atoms with Crippen LogP contribution in [0.5, 0.6) is 0 Å². The van der Waals surface area contributed by atoms with Crippen LogP contribution in [-0.2, 0) is 13.1 Å². The van der Waals surface area contributed by atoms with Gasteiger partial charge in [0.1, 0.15) is 0 Å². The van der Waals surface area contributed by atoms with Gasteiger partial charge in [0.2, 0.25) is 0 Å². The minimum atomic E-state index is 0.570. The minimum absolute atomic E-state index is 0.570. The average molecular weight is 306 g/mol. The van der Waals surface area contributed by atoms with Crippen LogP contribution < -0.4 is 0 Å². The van der Waals surface area contributed by atoms with Crippen molar-refractivity contribution >= 4 is 0 Å². The Morgan fingerprint density at radius 2 is 1.09 bits per heavy atom. The second-order valence-electron chi connectivity index (χ2n) is 7.39. The van der Waals surface area contributed by atoms with Crippen molar-refractivity contribution in [3.8, 4) is 0 Å². The summed E-state index contributed by atoms with van der Waals surface area (Å²) in [5.74, 6) is 0. The van der Waals surface area contributed by atoms with E-state index in [1.165, 1.54) is 50.1 Å². The quantitative estimate of drug-likeness (QED) is 0.848. The van der Waals surface area contributed by atoms with Crippen LogP contribution in [-0.4, -0.2) is 36.0 Å². The van der Waals surface area contributed by atoms with Gasteiger partial charge in [0.25, 0.3) is 0 Å². The van der Waals surface area contributed by atoms with Crippen LogP contribution in [0.4, 0.5) is 0 Å². The molecule has 1 saturated heterocycles. The summed E-state index contributed by atoms with van der Waals surface area (Å²) in [4.78, 5) is 5.35. The molecule has 4 rings (SSSR count). The predicted octanol–water partition coefficient (Wildman–Crippen LogP) is 3.78. The van der Waals surface area contributed by atoms with Crippen LogP contribution in [0, 0.1) is 5.41 Å².